The Balaban J connectivity index is 1.64. The van der Waals surface area contributed by atoms with Crippen LogP contribution >= 0.6 is 27.5 Å². The number of rotatable bonds is 6. The number of aromatic nitrogens is 1. The molecule has 0 radical (unpaired) electrons. The van der Waals surface area contributed by atoms with E-state index in [1.807, 2.05) is 18.2 Å². The molecule has 3 rings (SSSR count). The summed E-state index contributed by atoms with van der Waals surface area (Å²) in [4.78, 5) is 3.97. The third kappa shape index (κ3) is 4.19. The second-order valence-corrected chi connectivity index (χ2v) is 6.43. The van der Waals surface area contributed by atoms with E-state index in [9.17, 15) is 0 Å². The molecule has 0 spiro atoms. The van der Waals surface area contributed by atoms with E-state index in [1.165, 1.54) is 18.4 Å². The maximum atomic E-state index is 6.08. The fraction of sp³-hybridized carbons (Fsp3) is 0.312. The van der Waals surface area contributed by atoms with Gasteiger partial charge in [0, 0.05) is 35.0 Å². The minimum Gasteiger partial charge on any atom is -0.489 e. The Labute approximate surface area is 137 Å². The summed E-state index contributed by atoms with van der Waals surface area (Å²) in [5.41, 5.74) is 2.15. The average molecular weight is 368 g/mol. The lowest BCUT2D eigenvalue weighted by molar-refractivity contribution is 0.305. The molecule has 1 N–H and O–H groups in total. The minimum absolute atomic E-state index is 0.443. The Hall–Kier alpha value is -1.10. The summed E-state index contributed by atoms with van der Waals surface area (Å²) in [6.45, 7) is 1.30. The highest BCUT2D eigenvalue weighted by Crippen LogP contribution is 2.26. The molecule has 1 aromatic heterocycles. The molecule has 2 aromatic rings. The molecule has 1 aromatic carbocycles. The van der Waals surface area contributed by atoms with E-state index >= 15 is 0 Å². The fourth-order valence-corrected chi connectivity index (χ4v) is 2.56. The van der Waals surface area contributed by atoms with Crippen molar-refractivity contribution >= 4 is 27.5 Å². The van der Waals surface area contributed by atoms with Gasteiger partial charge in [-0.25, -0.2) is 0 Å². The van der Waals surface area contributed by atoms with Gasteiger partial charge in [-0.1, -0.05) is 27.5 Å². The normalized spacial score (nSPS) is 14.2. The van der Waals surface area contributed by atoms with Gasteiger partial charge in [-0.15, -0.1) is 0 Å². The third-order valence-electron chi connectivity index (χ3n) is 3.43. The molecule has 1 aliphatic carbocycles. The predicted octanol–water partition coefficient (Wildman–Crippen LogP) is 4.33. The Morgan fingerprint density at radius 2 is 2.14 bits per heavy atom. The first-order valence-corrected chi connectivity index (χ1v) is 8.12. The molecule has 0 saturated heterocycles. The van der Waals surface area contributed by atoms with Crippen LogP contribution in [0.3, 0.4) is 0 Å². The molecule has 0 unspecified atom stereocenters. The van der Waals surface area contributed by atoms with Gasteiger partial charge in [-0.2, -0.15) is 0 Å². The van der Waals surface area contributed by atoms with Crippen molar-refractivity contribution in [1.29, 1.82) is 0 Å². The first kappa shape index (κ1) is 14.8. The highest BCUT2D eigenvalue weighted by molar-refractivity contribution is 9.10. The van der Waals surface area contributed by atoms with Crippen LogP contribution in [0.25, 0.3) is 0 Å². The average Bonchev–Trinajstić information content (AvgIpc) is 3.31. The molecule has 1 heterocycles. The smallest absolute Gasteiger partial charge is 0.120 e. The Kier molecular flexibility index (Phi) is 4.78. The number of hydrogen-bond acceptors (Lipinski definition) is 3. The SMILES string of the molecule is Clc1cnccc1COc1ccc(Br)c(CNC2CC2)c1. The summed E-state index contributed by atoms with van der Waals surface area (Å²) >= 11 is 9.66. The van der Waals surface area contributed by atoms with E-state index in [0.29, 0.717) is 17.7 Å². The highest BCUT2D eigenvalue weighted by atomic mass is 79.9. The molecule has 0 amide bonds. The Morgan fingerprint density at radius 3 is 2.90 bits per heavy atom. The Morgan fingerprint density at radius 1 is 1.29 bits per heavy atom. The van der Waals surface area contributed by atoms with Gasteiger partial charge < -0.3 is 10.1 Å². The van der Waals surface area contributed by atoms with Crippen molar-refractivity contribution in [2.75, 3.05) is 0 Å². The van der Waals surface area contributed by atoms with Gasteiger partial charge in [0.05, 0.1) is 5.02 Å². The van der Waals surface area contributed by atoms with Crippen LogP contribution in [0.1, 0.15) is 24.0 Å². The molecule has 1 aliphatic rings. The number of ether oxygens (including phenoxy) is 1. The van der Waals surface area contributed by atoms with Gasteiger partial charge in [0.25, 0.3) is 0 Å². The number of pyridine rings is 1. The van der Waals surface area contributed by atoms with Crippen molar-refractivity contribution < 1.29 is 4.74 Å². The maximum absolute atomic E-state index is 6.08. The van der Waals surface area contributed by atoms with Gasteiger partial charge >= 0.3 is 0 Å². The number of nitrogens with zero attached hydrogens (tertiary/aromatic N) is 1. The molecule has 0 bridgehead atoms. The zero-order valence-electron chi connectivity index (χ0n) is 11.5. The van der Waals surface area contributed by atoms with Gasteiger partial charge in [0.15, 0.2) is 0 Å². The molecule has 3 nitrogen and oxygen atoms in total. The van der Waals surface area contributed by atoms with Crippen molar-refractivity contribution in [1.82, 2.24) is 10.3 Å². The molecule has 0 aliphatic heterocycles. The van der Waals surface area contributed by atoms with E-state index in [0.717, 1.165) is 22.3 Å². The van der Waals surface area contributed by atoms with Gasteiger partial charge in [-0.3, -0.25) is 4.98 Å². The zero-order valence-corrected chi connectivity index (χ0v) is 13.8. The van der Waals surface area contributed by atoms with Crippen LogP contribution in [0, 0.1) is 0 Å². The molecule has 1 fully saturated rings. The summed E-state index contributed by atoms with van der Waals surface area (Å²) in [7, 11) is 0. The van der Waals surface area contributed by atoms with Crippen molar-refractivity contribution in [2.45, 2.75) is 32.0 Å². The lowest BCUT2D eigenvalue weighted by atomic mass is 10.2. The van der Waals surface area contributed by atoms with Crippen molar-refractivity contribution in [3.63, 3.8) is 0 Å². The summed E-state index contributed by atoms with van der Waals surface area (Å²) in [5, 5.41) is 4.14. The quantitative estimate of drug-likeness (QED) is 0.825. The molecule has 0 atom stereocenters. The molecule has 5 heteroatoms. The van der Waals surface area contributed by atoms with Gasteiger partial charge in [-0.05, 0) is 42.7 Å². The molecule has 21 heavy (non-hydrogen) atoms. The monoisotopic (exact) mass is 366 g/mol. The summed E-state index contributed by atoms with van der Waals surface area (Å²) in [5.74, 6) is 0.846. The lowest BCUT2D eigenvalue weighted by Crippen LogP contribution is -2.15. The van der Waals surface area contributed by atoms with E-state index in [2.05, 4.69) is 32.3 Å². The van der Waals surface area contributed by atoms with Gasteiger partial charge in [0.1, 0.15) is 12.4 Å². The number of halogens is 2. The summed E-state index contributed by atoms with van der Waals surface area (Å²) in [6.07, 6.45) is 5.92. The van der Waals surface area contributed by atoms with Crippen LogP contribution in [-0.4, -0.2) is 11.0 Å². The number of nitrogens with one attached hydrogen (secondary N) is 1. The zero-order chi connectivity index (χ0) is 14.7. The molecule has 110 valence electrons. The van der Waals surface area contributed by atoms with E-state index in [1.54, 1.807) is 12.4 Å². The van der Waals surface area contributed by atoms with E-state index in [-0.39, 0.29) is 0 Å². The maximum Gasteiger partial charge on any atom is 0.120 e. The second-order valence-electron chi connectivity index (χ2n) is 5.16. The molecular formula is C16H16BrClN2O. The highest BCUT2D eigenvalue weighted by Gasteiger charge is 2.20. The number of benzene rings is 1. The van der Waals surface area contributed by atoms with Gasteiger partial charge in [0.2, 0.25) is 0 Å². The number of hydrogen-bond donors (Lipinski definition) is 1. The third-order valence-corrected chi connectivity index (χ3v) is 4.54. The van der Waals surface area contributed by atoms with Crippen LogP contribution in [0.5, 0.6) is 5.75 Å². The van der Waals surface area contributed by atoms with E-state index < -0.39 is 0 Å². The second kappa shape index (κ2) is 6.77. The van der Waals surface area contributed by atoms with Crippen molar-refractivity contribution in [2.24, 2.45) is 0 Å². The summed E-state index contributed by atoms with van der Waals surface area (Å²) < 4.78 is 6.93. The van der Waals surface area contributed by atoms with Crippen LogP contribution < -0.4 is 10.1 Å². The summed E-state index contributed by atoms with van der Waals surface area (Å²) in [6, 6.07) is 8.61. The first-order chi connectivity index (χ1) is 10.2. The fourth-order valence-electron chi connectivity index (χ4n) is 2.00. The predicted molar refractivity (Wildman–Crippen MR) is 87.6 cm³/mol. The largest absolute Gasteiger partial charge is 0.489 e. The van der Waals surface area contributed by atoms with Crippen molar-refractivity contribution in [3.8, 4) is 5.75 Å². The van der Waals surface area contributed by atoms with Crippen LogP contribution in [-0.2, 0) is 13.2 Å². The van der Waals surface area contributed by atoms with E-state index in [4.69, 9.17) is 16.3 Å². The Bertz CT molecular complexity index is 631. The van der Waals surface area contributed by atoms with Crippen LogP contribution in [0.4, 0.5) is 0 Å². The molecule has 1 saturated carbocycles. The van der Waals surface area contributed by atoms with Crippen molar-refractivity contribution in [3.05, 3.63) is 57.3 Å². The molecular weight excluding hydrogens is 352 g/mol. The topological polar surface area (TPSA) is 34.1 Å². The minimum atomic E-state index is 0.443. The van der Waals surface area contributed by atoms with Crippen LogP contribution in [0.2, 0.25) is 5.02 Å². The standard InChI is InChI=1S/C16H16BrClN2O/c17-15-4-3-14(7-12(15)8-20-13-1-2-13)21-10-11-5-6-19-9-16(11)18/h3-7,9,13,20H,1-2,8,10H2. The first-order valence-electron chi connectivity index (χ1n) is 6.95. The lowest BCUT2D eigenvalue weighted by Gasteiger charge is -2.11. The van der Waals surface area contributed by atoms with Crippen LogP contribution in [0.15, 0.2) is 41.1 Å².